The molecule has 0 bridgehead atoms. The quantitative estimate of drug-likeness (QED) is 0.803. The molecular weight excluding hydrogens is 226 g/mol. The second-order valence-electron chi connectivity index (χ2n) is 5.14. The van der Waals surface area contributed by atoms with Crippen LogP contribution in [0.3, 0.4) is 0 Å². The lowest BCUT2D eigenvalue weighted by Gasteiger charge is -2.33. The zero-order chi connectivity index (χ0) is 13.3. The van der Waals surface area contributed by atoms with Gasteiger partial charge in [-0.05, 0) is 49.9 Å². The lowest BCUT2D eigenvalue weighted by molar-refractivity contribution is -0.123. The first-order chi connectivity index (χ1) is 8.54. The minimum absolute atomic E-state index is 0.139. The second kappa shape index (κ2) is 5.01. The number of anilines is 1. The first-order valence-electron chi connectivity index (χ1n) is 6.51. The lowest BCUT2D eigenvalue weighted by atomic mass is 9.96. The molecule has 1 aliphatic rings. The second-order valence-corrected chi connectivity index (χ2v) is 5.14. The summed E-state index contributed by atoms with van der Waals surface area (Å²) in [5.41, 5.74) is 3.27. The maximum absolute atomic E-state index is 12.3. The minimum atomic E-state index is 0.139. The van der Waals surface area contributed by atoms with E-state index in [1.165, 1.54) is 0 Å². The summed E-state index contributed by atoms with van der Waals surface area (Å²) in [5, 5.41) is 0. The van der Waals surface area contributed by atoms with Crippen LogP contribution in [0.4, 0.5) is 5.69 Å². The van der Waals surface area contributed by atoms with Gasteiger partial charge < -0.3 is 9.64 Å². The average molecular weight is 247 g/mol. The van der Waals surface area contributed by atoms with E-state index >= 15 is 0 Å². The molecule has 0 aliphatic carbocycles. The number of rotatable bonds is 2. The van der Waals surface area contributed by atoms with Crippen molar-refractivity contribution in [2.45, 2.75) is 33.6 Å². The molecule has 3 nitrogen and oxygen atoms in total. The zero-order valence-electron chi connectivity index (χ0n) is 11.6. The number of hydrogen-bond donors (Lipinski definition) is 0. The fraction of sp³-hybridized carbons (Fsp3) is 0.533. The van der Waals surface area contributed by atoms with Crippen molar-refractivity contribution in [2.24, 2.45) is 5.92 Å². The van der Waals surface area contributed by atoms with E-state index in [1.54, 1.807) is 7.11 Å². The third kappa shape index (κ3) is 2.22. The highest BCUT2D eigenvalue weighted by Crippen LogP contribution is 2.32. The summed E-state index contributed by atoms with van der Waals surface area (Å²) >= 11 is 0. The summed E-state index contributed by atoms with van der Waals surface area (Å²) in [6.07, 6.45) is 2.08. The highest BCUT2D eigenvalue weighted by atomic mass is 16.5. The molecule has 1 aliphatic heterocycles. The van der Waals surface area contributed by atoms with Crippen LogP contribution in [-0.2, 0) is 4.79 Å². The number of carbonyl (C=O) groups is 1. The predicted molar refractivity (Wildman–Crippen MR) is 73.2 cm³/mol. The molecule has 1 saturated heterocycles. The summed E-state index contributed by atoms with van der Waals surface area (Å²) < 4.78 is 5.26. The Kier molecular flexibility index (Phi) is 3.60. The molecule has 0 aromatic heterocycles. The van der Waals surface area contributed by atoms with Crippen molar-refractivity contribution < 1.29 is 9.53 Å². The van der Waals surface area contributed by atoms with Crippen LogP contribution < -0.4 is 9.64 Å². The van der Waals surface area contributed by atoms with Gasteiger partial charge in [0.1, 0.15) is 5.75 Å². The van der Waals surface area contributed by atoms with E-state index in [0.717, 1.165) is 42.0 Å². The van der Waals surface area contributed by atoms with Gasteiger partial charge in [-0.25, -0.2) is 0 Å². The molecule has 0 saturated carbocycles. The molecule has 1 aromatic rings. The molecular formula is C15H21NO2. The van der Waals surface area contributed by atoms with Crippen LogP contribution >= 0.6 is 0 Å². The number of hydrogen-bond acceptors (Lipinski definition) is 2. The Labute approximate surface area is 109 Å². The molecule has 1 aromatic carbocycles. The van der Waals surface area contributed by atoms with Crippen molar-refractivity contribution in [1.82, 2.24) is 0 Å². The summed E-state index contributed by atoms with van der Waals surface area (Å²) in [5.74, 6) is 1.24. The van der Waals surface area contributed by atoms with Crippen molar-refractivity contribution in [1.29, 1.82) is 0 Å². The molecule has 18 heavy (non-hydrogen) atoms. The van der Waals surface area contributed by atoms with Crippen molar-refractivity contribution in [3.8, 4) is 5.75 Å². The molecule has 1 fully saturated rings. The Morgan fingerprint density at radius 1 is 1.28 bits per heavy atom. The lowest BCUT2D eigenvalue weighted by Crippen LogP contribution is -2.41. The van der Waals surface area contributed by atoms with Crippen LogP contribution in [0, 0.1) is 19.8 Å². The zero-order valence-corrected chi connectivity index (χ0v) is 11.6. The third-order valence-corrected chi connectivity index (χ3v) is 3.68. The summed E-state index contributed by atoms with van der Waals surface area (Å²) in [6, 6.07) is 3.99. The number of nitrogens with zero attached hydrogens (tertiary/aromatic N) is 1. The number of amides is 1. The van der Waals surface area contributed by atoms with Gasteiger partial charge in [0.15, 0.2) is 0 Å². The molecule has 1 atom stereocenters. The van der Waals surface area contributed by atoms with Gasteiger partial charge in [0.25, 0.3) is 0 Å². The van der Waals surface area contributed by atoms with Gasteiger partial charge in [-0.1, -0.05) is 6.92 Å². The number of piperidine rings is 1. The highest BCUT2D eigenvalue weighted by Gasteiger charge is 2.28. The van der Waals surface area contributed by atoms with Crippen LogP contribution in [0.15, 0.2) is 12.1 Å². The van der Waals surface area contributed by atoms with E-state index in [1.807, 2.05) is 37.8 Å². The molecule has 0 radical (unpaired) electrons. The van der Waals surface area contributed by atoms with Crippen LogP contribution in [0.1, 0.15) is 30.9 Å². The van der Waals surface area contributed by atoms with E-state index in [2.05, 4.69) is 0 Å². The maximum atomic E-state index is 12.3. The fourth-order valence-electron chi connectivity index (χ4n) is 2.74. The first kappa shape index (κ1) is 12.9. The van der Waals surface area contributed by atoms with Gasteiger partial charge in [-0.3, -0.25) is 4.79 Å². The third-order valence-electron chi connectivity index (χ3n) is 3.68. The largest absolute Gasteiger partial charge is 0.497 e. The van der Waals surface area contributed by atoms with Gasteiger partial charge in [0, 0.05) is 18.2 Å². The molecule has 98 valence electrons. The Hall–Kier alpha value is -1.51. The highest BCUT2D eigenvalue weighted by molar-refractivity contribution is 5.97. The molecule has 0 spiro atoms. The SMILES string of the molecule is COc1cc(C)c(N2CCCC(C)C2=O)c(C)c1. The monoisotopic (exact) mass is 247 g/mol. The number of benzene rings is 1. The Bertz CT molecular complexity index is 445. The summed E-state index contributed by atoms with van der Waals surface area (Å²) in [7, 11) is 1.67. The molecule has 1 unspecified atom stereocenters. The van der Waals surface area contributed by atoms with Crippen LogP contribution in [-0.4, -0.2) is 19.6 Å². The van der Waals surface area contributed by atoms with E-state index in [-0.39, 0.29) is 11.8 Å². The number of methoxy groups -OCH3 is 1. The smallest absolute Gasteiger partial charge is 0.229 e. The van der Waals surface area contributed by atoms with Crippen molar-refractivity contribution in [3.05, 3.63) is 23.3 Å². The van der Waals surface area contributed by atoms with Crippen LogP contribution in [0.2, 0.25) is 0 Å². The van der Waals surface area contributed by atoms with E-state index in [0.29, 0.717) is 0 Å². The Morgan fingerprint density at radius 3 is 2.44 bits per heavy atom. The van der Waals surface area contributed by atoms with Gasteiger partial charge in [-0.2, -0.15) is 0 Å². The Balaban J connectivity index is 2.41. The standard InChI is InChI=1S/C15H21NO2/c1-10-6-5-7-16(15(10)17)14-11(2)8-13(18-4)9-12(14)3/h8-10H,5-7H2,1-4H3. The van der Waals surface area contributed by atoms with Crippen molar-refractivity contribution in [2.75, 3.05) is 18.6 Å². The topological polar surface area (TPSA) is 29.5 Å². The number of ether oxygens (including phenoxy) is 1. The van der Waals surface area contributed by atoms with E-state index < -0.39 is 0 Å². The van der Waals surface area contributed by atoms with Crippen molar-refractivity contribution in [3.63, 3.8) is 0 Å². The van der Waals surface area contributed by atoms with Gasteiger partial charge in [-0.15, -0.1) is 0 Å². The van der Waals surface area contributed by atoms with Gasteiger partial charge in [0.05, 0.1) is 7.11 Å². The number of carbonyl (C=O) groups excluding carboxylic acids is 1. The summed E-state index contributed by atoms with van der Waals surface area (Å²) in [4.78, 5) is 14.2. The van der Waals surface area contributed by atoms with E-state index in [9.17, 15) is 4.79 Å². The molecule has 2 rings (SSSR count). The van der Waals surface area contributed by atoms with E-state index in [4.69, 9.17) is 4.74 Å². The van der Waals surface area contributed by atoms with Crippen molar-refractivity contribution >= 4 is 11.6 Å². The average Bonchev–Trinajstić information content (AvgIpc) is 2.33. The first-order valence-corrected chi connectivity index (χ1v) is 6.51. The van der Waals surface area contributed by atoms with Crippen LogP contribution in [0.5, 0.6) is 5.75 Å². The predicted octanol–water partition coefficient (Wildman–Crippen LogP) is 3.07. The summed E-state index contributed by atoms with van der Waals surface area (Å²) in [6.45, 7) is 6.93. The normalized spacial score (nSPS) is 20.1. The van der Waals surface area contributed by atoms with Gasteiger partial charge in [0.2, 0.25) is 5.91 Å². The number of aryl methyl sites for hydroxylation is 2. The molecule has 3 heteroatoms. The maximum Gasteiger partial charge on any atom is 0.229 e. The van der Waals surface area contributed by atoms with Crippen LogP contribution in [0.25, 0.3) is 0 Å². The molecule has 1 heterocycles. The minimum Gasteiger partial charge on any atom is -0.497 e. The Morgan fingerprint density at radius 2 is 1.89 bits per heavy atom. The fourth-order valence-corrected chi connectivity index (χ4v) is 2.74. The molecule has 1 amide bonds. The van der Waals surface area contributed by atoms with Gasteiger partial charge >= 0.3 is 0 Å². The molecule has 0 N–H and O–H groups in total.